The SMILES string of the molecule is CCOc1ccc(NCc2cc(Cl)c(OC)c(OC)c2)cc1. The van der Waals surface area contributed by atoms with E-state index in [9.17, 15) is 0 Å². The topological polar surface area (TPSA) is 39.7 Å². The van der Waals surface area contributed by atoms with Crippen molar-refractivity contribution in [2.75, 3.05) is 26.1 Å². The molecule has 1 N–H and O–H groups in total. The Morgan fingerprint density at radius 1 is 1.05 bits per heavy atom. The van der Waals surface area contributed by atoms with Crippen LogP contribution in [-0.2, 0) is 6.54 Å². The van der Waals surface area contributed by atoms with Gasteiger partial charge in [0.2, 0.25) is 0 Å². The van der Waals surface area contributed by atoms with E-state index < -0.39 is 0 Å². The fourth-order valence-corrected chi connectivity index (χ4v) is 2.42. The Bertz CT molecular complexity index is 614. The van der Waals surface area contributed by atoms with Crippen molar-refractivity contribution in [2.45, 2.75) is 13.5 Å². The lowest BCUT2D eigenvalue weighted by Crippen LogP contribution is -2.01. The number of methoxy groups -OCH3 is 2. The number of nitrogens with one attached hydrogen (secondary N) is 1. The lowest BCUT2D eigenvalue weighted by atomic mass is 10.2. The van der Waals surface area contributed by atoms with Gasteiger partial charge in [0.1, 0.15) is 5.75 Å². The molecule has 0 amide bonds. The predicted molar refractivity (Wildman–Crippen MR) is 89.5 cm³/mol. The lowest BCUT2D eigenvalue weighted by molar-refractivity contribution is 0.340. The molecule has 0 aromatic heterocycles. The van der Waals surface area contributed by atoms with Crippen LogP contribution >= 0.6 is 11.6 Å². The number of benzene rings is 2. The zero-order valence-corrected chi connectivity index (χ0v) is 13.7. The number of anilines is 1. The van der Waals surface area contributed by atoms with Crippen LogP contribution in [0.4, 0.5) is 5.69 Å². The van der Waals surface area contributed by atoms with Gasteiger partial charge in [-0.25, -0.2) is 0 Å². The van der Waals surface area contributed by atoms with Crippen LogP contribution < -0.4 is 19.5 Å². The van der Waals surface area contributed by atoms with Gasteiger partial charge in [-0.15, -0.1) is 0 Å². The molecule has 0 aliphatic rings. The molecule has 0 aliphatic heterocycles. The largest absolute Gasteiger partial charge is 0.494 e. The summed E-state index contributed by atoms with van der Waals surface area (Å²) in [6.45, 7) is 3.26. The molecule has 22 heavy (non-hydrogen) atoms. The van der Waals surface area contributed by atoms with Crippen molar-refractivity contribution in [2.24, 2.45) is 0 Å². The molecule has 118 valence electrons. The van der Waals surface area contributed by atoms with Crippen molar-refractivity contribution in [3.63, 3.8) is 0 Å². The normalized spacial score (nSPS) is 10.2. The molecule has 5 heteroatoms. The van der Waals surface area contributed by atoms with Gasteiger partial charge in [0.15, 0.2) is 11.5 Å². The van der Waals surface area contributed by atoms with Crippen molar-refractivity contribution in [1.82, 2.24) is 0 Å². The molecule has 2 aromatic carbocycles. The molecule has 0 spiro atoms. The maximum atomic E-state index is 6.20. The average Bonchev–Trinajstić information content (AvgIpc) is 2.54. The van der Waals surface area contributed by atoms with Crippen LogP contribution in [0.15, 0.2) is 36.4 Å². The van der Waals surface area contributed by atoms with Crippen molar-refractivity contribution < 1.29 is 14.2 Å². The maximum absolute atomic E-state index is 6.20. The second kappa shape index (κ2) is 7.80. The molecule has 2 rings (SSSR count). The number of halogens is 1. The average molecular weight is 322 g/mol. The number of ether oxygens (including phenoxy) is 3. The van der Waals surface area contributed by atoms with Crippen molar-refractivity contribution in [3.8, 4) is 17.2 Å². The highest BCUT2D eigenvalue weighted by Crippen LogP contribution is 2.36. The van der Waals surface area contributed by atoms with E-state index in [1.807, 2.05) is 43.3 Å². The minimum Gasteiger partial charge on any atom is -0.494 e. The van der Waals surface area contributed by atoms with E-state index in [0.717, 1.165) is 17.0 Å². The Balaban J connectivity index is 2.06. The molecule has 2 aromatic rings. The third kappa shape index (κ3) is 3.98. The molecular formula is C17H20ClNO3. The smallest absolute Gasteiger partial charge is 0.179 e. The van der Waals surface area contributed by atoms with Gasteiger partial charge in [0.25, 0.3) is 0 Å². The van der Waals surface area contributed by atoms with Gasteiger partial charge in [-0.05, 0) is 48.9 Å². The summed E-state index contributed by atoms with van der Waals surface area (Å²) in [7, 11) is 3.17. The third-order valence-electron chi connectivity index (χ3n) is 3.16. The summed E-state index contributed by atoms with van der Waals surface area (Å²) in [4.78, 5) is 0. The van der Waals surface area contributed by atoms with E-state index in [1.165, 1.54) is 0 Å². The first-order valence-electron chi connectivity index (χ1n) is 7.05. The van der Waals surface area contributed by atoms with Crippen LogP contribution in [0.5, 0.6) is 17.2 Å². The van der Waals surface area contributed by atoms with Crippen molar-refractivity contribution in [1.29, 1.82) is 0 Å². The molecule has 0 unspecified atom stereocenters. The molecule has 0 bridgehead atoms. The van der Waals surface area contributed by atoms with E-state index in [0.29, 0.717) is 29.7 Å². The molecule has 0 fully saturated rings. The summed E-state index contributed by atoms with van der Waals surface area (Å²) >= 11 is 6.20. The first-order chi connectivity index (χ1) is 10.7. The highest BCUT2D eigenvalue weighted by molar-refractivity contribution is 6.32. The van der Waals surface area contributed by atoms with E-state index in [4.69, 9.17) is 25.8 Å². The molecule has 0 saturated heterocycles. The van der Waals surface area contributed by atoms with Gasteiger partial charge in [-0.2, -0.15) is 0 Å². The second-order valence-electron chi connectivity index (χ2n) is 4.62. The van der Waals surface area contributed by atoms with Gasteiger partial charge < -0.3 is 19.5 Å². The lowest BCUT2D eigenvalue weighted by Gasteiger charge is -2.13. The molecule has 0 saturated carbocycles. The highest BCUT2D eigenvalue weighted by atomic mass is 35.5. The van der Waals surface area contributed by atoms with Gasteiger partial charge in [-0.3, -0.25) is 0 Å². The van der Waals surface area contributed by atoms with Crippen LogP contribution in [0.3, 0.4) is 0 Å². The Morgan fingerprint density at radius 3 is 2.36 bits per heavy atom. The first-order valence-corrected chi connectivity index (χ1v) is 7.42. The predicted octanol–water partition coefficient (Wildman–Crippen LogP) is 4.37. The number of hydrogen-bond acceptors (Lipinski definition) is 4. The summed E-state index contributed by atoms with van der Waals surface area (Å²) in [5.41, 5.74) is 2.02. The van der Waals surface area contributed by atoms with E-state index in [1.54, 1.807) is 14.2 Å². The summed E-state index contributed by atoms with van der Waals surface area (Å²) < 4.78 is 15.9. The molecule has 0 atom stereocenters. The number of rotatable bonds is 7. The minimum absolute atomic E-state index is 0.533. The van der Waals surface area contributed by atoms with E-state index in [-0.39, 0.29) is 0 Å². The first kappa shape index (κ1) is 16.3. The van der Waals surface area contributed by atoms with Gasteiger partial charge in [-0.1, -0.05) is 11.6 Å². The van der Waals surface area contributed by atoms with Gasteiger partial charge in [0.05, 0.1) is 25.8 Å². The molecule has 0 radical (unpaired) electrons. The van der Waals surface area contributed by atoms with Crippen LogP contribution in [0.2, 0.25) is 5.02 Å². The van der Waals surface area contributed by atoms with Gasteiger partial charge >= 0.3 is 0 Å². The molecule has 0 heterocycles. The maximum Gasteiger partial charge on any atom is 0.179 e. The summed E-state index contributed by atoms with van der Waals surface area (Å²) in [6, 6.07) is 11.6. The molecule has 4 nitrogen and oxygen atoms in total. The summed E-state index contributed by atoms with van der Waals surface area (Å²) in [5.74, 6) is 2.04. The van der Waals surface area contributed by atoms with Crippen LogP contribution in [-0.4, -0.2) is 20.8 Å². The summed E-state index contributed by atoms with van der Waals surface area (Å²) in [6.07, 6.45) is 0. The van der Waals surface area contributed by atoms with Crippen LogP contribution in [0.25, 0.3) is 0 Å². The van der Waals surface area contributed by atoms with Crippen molar-refractivity contribution >= 4 is 17.3 Å². The standard InChI is InChI=1S/C17H20ClNO3/c1-4-22-14-7-5-13(6-8-14)19-11-12-9-15(18)17(21-3)16(10-12)20-2/h5-10,19H,4,11H2,1-3H3. The Labute approximate surface area is 136 Å². The van der Waals surface area contributed by atoms with E-state index >= 15 is 0 Å². The zero-order valence-electron chi connectivity index (χ0n) is 13.0. The van der Waals surface area contributed by atoms with Crippen LogP contribution in [0, 0.1) is 0 Å². The van der Waals surface area contributed by atoms with Crippen LogP contribution in [0.1, 0.15) is 12.5 Å². The molecular weight excluding hydrogens is 302 g/mol. The Kier molecular flexibility index (Phi) is 5.78. The quantitative estimate of drug-likeness (QED) is 0.822. The Morgan fingerprint density at radius 2 is 1.77 bits per heavy atom. The number of hydrogen-bond donors (Lipinski definition) is 1. The fourth-order valence-electron chi connectivity index (χ4n) is 2.11. The highest BCUT2D eigenvalue weighted by Gasteiger charge is 2.10. The second-order valence-corrected chi connectivity index (χ2v) is 5.03. The van der Waals surface area contributed by atoms with Gasteiger partial charge in [0, 0.05) is 12.2 Å². The van der Waals surface area contributed by atoms with Crippen molar-refractivity contribution in [3.05, 3.63) is 47.0 Å². The Hall–Kier alpha value is -2.07. The monoisotopic (exact) mass is 321 g/mol. The zero-order chi connectivity index (χ0) is 15.9. The molecule has 0 aliphatic carbocycles. The summed E-state index contributed by atoms with van der Waals surface area (Å²) in [5, 5.41) is 3.87. The van der Waals surface area contributed by atoms with E-state index in [2.05, 4.69) is 5.32 Å². The minimum atomic E-state index is 0.533. The fraction of sp³-hybridized carbons (Fsp3) is 0.294. The third-order valence-corrected chi connectivity index (χ3v) is 3.44.